The lowest BCUT2D eigenvalue weighted by Gasteiger charge is -2.39. The third kappa shape index (κ3) is 2.15. The molecule has 1 atom stereocenters. The molecule has 1 saturated heterocycles. The molecule has 3 heterocycles. The highest BCUT2D eigenvalue weighted by molar-refractivity contribution is 6.06. The summed E-state index contributed by atoms with van der Waals surface area (Å²) in [4.78, 5) is 20.1. The lowest BCUT2D eigenvalue weighted by atomic mass is 9.75. The summed E-state index contributed by atoms with van der Waals surface area (Å²) in [6, 6.07) is 18.5. The van der Waals surface area contributed by atoms with E-state index in [0.29, 0.717) is 6.54 Å². The van der Waals surface area contributed by atoms with Crippen LogP contribution in [-0.4, -0.2) is 24.0 Å². The number of aromatic nitrogens is 1. The number of benzene rings is 2. The first-order chi connectivity index (χ1) is 12.7. The molecule has 0 saturated carbocycles. The van der Waals surface area contributed by atoms with Gasteiger partial charge in [-0.05, 0) is 49.1 Å². The second-order valence-electron chi connectivity index (χ2n) is 7.42. The minimum absolute atomic E-state index is 0.126. The van der Waals surface area contributed by atoms with E-state index in [1.165, 1.54) is 10.9 Å². The number of hydrogen-bond acceptors (Lipinski definition) is 3. The predicted molar refractivity (Wildman–Crippen MR) is 105 cm³/mol. The monoisotopic (exact) mass is 343 g/mol. The minimum Gasteiger partial charge on any atom is -0.355 e. The van der Waals surface area contributed by atoms with Crippen molar-refractivity contribution in [2.45, 2.75) is 25.2 Å². The zero-order valence-corrected chi connectivity index (χ0v) is 14.8. The lowest BCUT2D eigenvalue weighted by Crippen LogP contribution is -2.50. The van der Waals surface area contributed by atoms with Crippen molar-refractivity contribution in [3.8, 4) is 0 Å². The molecule has 0 bridgehead atoms. The Morgan fingerprint density at radius 1 is 1.12 bits per heavy atom. The summed E-state index contributed by atoms with van der Waals surface area (Å²) in [5, 5.41) is 4.27. The van der Waals surface area contributed by atoms with Crippen molar-refractivity contribution in [1.29, 1.82) is 0 Å². The van der Waals surface area contributed by atoms with Gasteiger partial charge >= 0.3 is 0 Å². The highest BCUT2D eigenvalue weighted by atomic mass is 16.2. The van der Waals surface area contributed by atoms with E-state index < -0.39 is 5.41 Å². The van der Waals surface area contributed by atoms with Crippen LogP contribution in [0.4, 0.5) is 11.5 Å². The number of carbonyl (C=O) groups is 1. The maximum absolute atomic E-state index is 12.9. The quantitative estimate of drug-likeness (QED) is 0.725. The van der Waals surface area contributed by atoms with Crippen molar-refractivity contribution in [2.75, 3.05) is 23.3 Å². The molecule has 1 spiro atoms. The molecule has 2 aliphatic rings. The summed E-state index contributed by atoms with van der Waals surface area (Å²) in [5.74, 6) is 1.10. The molecule has 2 aromatic carbocycles. The first-order valence-electron chi connectivity index (χ1n) is 9.20. The lowest BCUT2D eigenvalue weighted by molar-refractivity contribution is -0.121. The molecule has 1 aromatic heterocycles. The van der Waals surface area contributed by atoms with Gasteiger partial charge in [-0.25, -0.2) is 4.98 Å². The van der Waals surface area contributed by atoms with Crippen LogP contribution < -0.4 is 10.2 Å². The minimum atomic E-state index is -0.462. The highest BCUT2D eigenvalue weighted by Crippen LogP contribution is 2.44. The largest absolute Gasteiger partial charge is 0.355 e. The summed E-state index contributed by atoms with van der Waals surface area (Å²) >= 11 is 0. The Bertz CT molecular complexity index is 1030. The fraction of sp³-hybridized carbons (Fsp3) is 0.273. The number of pyridine rings is 1. The summed E-state index contributed by atoms with van der Waals surface area (Å²) in [6.07, 6.45) is 1.87. The zero-order valence-electron chi connectivity index (χ0n) is 14.8. The van der Waals surface area contributed by atoms with Crippen molar-refractivity contribution >= 4 is 28.3 Å². The van der Waals surface area contributed by atoms with E-state index in [4.69, 9.17) is 4.98 Å². The number of aryl methyl sites for hydroxylation is 1. The van der Waals surface area contributed by atoms with Crippen molar-refractivity contribution in [1.82, 2.24) is 4.98 Å². The van der Waals surface area contributed by atoms with Crippen molar-refractivity contribution < 1.29 is 4.79 Å². The van der Waals surface area contributed by atoms with Gasteiger partial charge in [0, 0.05) is 24.2 Å². The molecule has 0 aliphatic carbocycles. The molecule has 4 nitrogen and oxygen atoms in total. The van der Waals surface area contributed by atoms with Crippen LogP contribution in [0.25, 0.3) is 10.9 Å². The maximum Gasteiger partial charge on any atom is 0.236 e. The van der Waals surface area contributed by atoms with Gasteiger partial charge in [0.1, 0.15) is 5.82 Å². The number of fused-ring (bicyclic) bond motifs is 3. The molecule has 1 unspecified atom stereocenters. The number of anilines is 2. The number of rotatable bonds is 1. The molecule has 26 heavy (non-hydrogen) atoms. The Morgan fingerprint density at radius 3 is 2.85 bits per heavy atom. The smallest absolute Gasteiger partial charge is 0.236 e. The predicted octanol–water partition coefficient (Wildman–Crippen LogP) is 4.03. The van der Waals surface area contributed by atoms with Crippen LogP contribution in [-0.2, 0) is 10.2 Å². The average molecular weight is 343 g/mol. The fourth-order valence-corrected chi connectivity index (χ4v) is 4.52. The summed E-state index contributed by atoms with van der Waals surface area (Å²) in [6.45, 7) is 3.74. The highest BCUT2D eigenvalue weighted by Gasteiger charge is 2.49. The average Bonchev–Trinajstić information content (AvgIpc) is 2.93. The van der Waals surface area contributed by atoms with Gasteiger partial charge in [0.15, 0.2) is 0 Å². The van der Waals surface area contributed by atoms with Crippen molar-refractivity contribution in [3.05, 3.63) is 65.7 Å². The van der Waals surface area contributed by atoms with E-state index in [0.717, 1.165) is 42.0 Å². The Balaban J connectivity index is 1.57. The van der Waals surface area contributed by atoms with Gasteiger partial charge in [0.2, 0.25) is 5.91 Å². The van der Waals surface area contributed by atoms with E-state index in [1.807, 2.05) is 30.3 Å². The molecule has 1 amide bonds. The van der Waals surface area contributed by atoms with Crippen molar-refractivity contribution in [3.63, 3.8) is 0 Å². The maximum atomic E-state index is 12.9. The number of nitrogens with zero attached hydrogens (tertiary/aromatic N) is 2. The number of hydrogen-bond donors (Lipinski definition) is 1. The van der Waals surface area contributed by atoms with E-state index >= 15 is 0 Å². The Kier molecular flexibility index (Phi) is 3.29. The second kappa shape index (κ2) is 5.56. The van der Waals surface area contributed by atoms with Crippen LogP contribution in [0, 0.1) is 6.92 Å². The molecule has 2 aliphatic heterocycles. The van der Waals surface area contributed by atoms with Crippen LogP contribution in [0.1, 0.15) is 24.0 Å². The van der Waals surface area contributed by atoms with E-state index in [2.05, 4.69) is 41.4 Å². The van der Waals surface area contributed by atoms with Crippen LogP contribution in [0.15, 0.2) is 54.6 Å². The van der Waals surface area contributed by atoms with E-state index in [-0.39, 0.29) is 5.91 Å². The van der Waals surface area contributed by atoms with Crippen molar-refractivity contribution in [2.24, 2.45) is 0 Å². The third-order valence-electron chi connectivity index (χ3n) is 5.85. The number of piperidine rings is 1. The molecule has 5 rings (SSSR count). The van der Waals surface area contributed by atoms with Crippen LogP contribution in [0.3, 0.4) is 0 Å². The number of amides is 1. The second-order valence-corrected chi connectivity index (χ2v) is 7.42. The van der Waals surface area contributed by atoms with Gasteiger partial charge < -0.3 is 10.2 Å². The molecule has 0 radical (unpaired) electrons. The first kappa shape index (κ1) is 15.4. The van der Waals surface area contributed by atoms with Gasteiger partial charge in [-0.15, -0.1) is 0 Å². The molecule has 130 valence electrons. The number of nitrogens with one attached hydrogen (secondary N) is 1. The number of carbonyl (C=O) groups excluding carboxylic acids is 1. The zero-order chi connectivity index (χ0) is 17.7. The van der Waals surface area contributed by atoms with Crippen LogP contribution >= 0.6 is 0 Å². The van der Waals surface area contributed by atoms with Crippen LogP contribution in [0.2, 0.25) is 0 Å². The molecule has 4 heteroatoms. The SMILES string of the molecule is Cc1cc(N2CCCC3(C2)C(=O)Nc2ccccc23)nc2ccccc12. The first-order valence-corrected chi connectivity index (χ1v) is 9.20. The fourth-order valence-electron chi connectivity index (χ4n) is 4.52. The summed E-state index contributed by atoms with van der Waals surface area (Å²) in [7, 11) is 0. The van der Waals surface area contributed by atoms with E-state index in [1.54, 1.807) is 0 Å². The Morgan fingerprint density at radius 2 is 1.92 bits per heavy atom. The normalized spacial score (nSPS) is 21.9. The summed E-state index contributed by atoms with van der Waals surface area (Å²) < 4.78 is 0. The molecule has 3 aromatic rings. The molecule has 1 fully saturated rings. The molecular weight excluding hydrogens is 322 g/mol. The van der Waals surface area contributed by atoms with Gasteiger partial charge in [-0.1, -0.05) is 36.4 Å². The van der Waals surface area contributed by atoms with Gasteiger partial charge in [-0.2, -0.15) is 0 Å². The van der Waals surface area contributed by atoms with Gasteiger partial charge in [-0.3, -0.25) is 4.79 Å². The van der Waals surface area contributed by atoms with Gasteiger partial charge in [0.25, 0.3) is 0 Å². The van der Waals surface area contributed by atoms with E-state index in [9.17, 15) is 4.79 Å². The summed E-state index contributed by atoms with van der Waals surface area (Å²) in [5.41, 5.74) is 3.87. The van der Waals surface area contributed by atoms with Gasteiger partial charge in [0.05, 0.1) is 10.9 Å². The standard InChI is InChI=1S/C22H21N3O/c1-15-13-20(23-18-9-4-2-7-16(15)18)25-12-6-11-22(14-25)17-8-3-5-10-19(17)24-21(22)26/h2-5,7-10,13H,6,11-12,14H2,1H3,(H,24,26). The molecule has 1 N–H and O–H groups in total. The van der Waals surface area contributed by atoms with Crippen LogP contribution in [0.5, 0.6) is 0 Å². The topological polar surface area (TPSA) is 45.2 Å². The third-order valence-corrected chi connectivity index (χ3v) is 5.85. The Hall–Kier alpha value is -2.88. The number of para-hydroxylation sites is 2. The Labute approximate surface area is 152 Å². The molecular formula is C22H21N3O.